The first-order valence-electron chi connectivity index (χ1n) is 14.1. The Morgan fingerprint density at radius 3 is 2.13 bits per heavy atom. The summed E-state index contributed by atoms with van der Waals surface area (Å²) in [6.45, 7) is 8.68. The molecule has 2 N–H and O–H groups in total. The zero-order chi connectivity index (χ0) is 34.5. The summed E-state index contributed by atoms with van der Waals surface area (Å²) in [5.41, 5.74) is 1.07. The van der Waals surface area contributed by atoms with E-state index in [1.807, 2.05) is 0 Å². The molecule has 0 fully saturated rings. The van der Waals surface area contributed by atoms with E-state index in [2.05, 4.69) is 19.9 Å². The lowest BCUT2D eigenvalue weighted by molar-refractivity contribution is -0.137. The van der Waals surface area contributed by atoms with E-state index in [4.69, 9.17) is 19.3 Å². The van der Waals surface area contributed by atoms with Gasteiger partial charge in [-0.1, -0.05) is 6.07 Å². The van der Waals surface area contributed by atoms with Gasteiger partial charge in [-0.15, -0.1) is 0 Å². The second-order valence-corrected chi connectivity index (χ2v) is 13.9. The van der Waals surface area contributed by atoms with Crippen molar-refractivity contribution in [2.24, 2.45) is 0 Å². The predicted molar refractivity (Wildman–Crippen MR) is 168 cm³/mol. The topological polar surface area (TPSA) is 166 Å². The number of aromatic nitrogens is 6. The third-order valence-corrected chi connectivity index (χ3v) is 8.30. The first kappa shape index (κ1) is 33.9. The summed E-state index contributed by atoms with van der Waals surface area (Å²) in [5, 5.41) is -0.195. The number of nitrogens with zero attached hydrogens (tertiary/aromatic N) is 6. The monoisotopic (exact) mass is 673 g/mol. The van der Waals surface area contributed by atoms with Crippen molar-refractivity contribution in [1.82, 2.24) is 29.1 Å². The minimum Gasteiger partial charge on any atom is -0.368 e. The molecule has 0 spiro atoms. The Hall–Kier alpha value is -4.50. The number of nitrogens with two attached hydrogens (primary N) is 1. The summed E-state index contributed by atoms with van der Waals surface area (Å²) in [4.78, 5) is 44.9. The molecule has 0 bridgehead atoms. The average Bonchev–Trinajstić information content (AvgIpc) is 2.95. The minimum atomic E-state index is -4.75. The van der Waals surface area contributed by atoms with E-state index in [-0.39, 0.29) is 33.6 Å². The zero-order valence-corrected chi connectivity index (χ0v) is 27.1. The van der Waals surface area contributed by atoms with E-state index in [0.29, 0.717) is 15.8 Å². The number of anilines is 1. The number of hydrogen-bond donors (Lipinski definition) is 1. The van der Waals surface area contributed by atoms with Crippen LogP contribution in [0.3, 0.4) is 0 Å². The van der Waals surface area contributed by atoms with Crippen molar-refractivity contribution in [2.45, 2.75) is 65.7 Å². The van der Waals surface area contributed by atoms with Gasteiger partial charge in [0, 0.05) is 24.2 Å². The molecule has 13 nitrogen and oxygen atoms in total. The largest absolute Gasteiger partial charge is 0.477 e. The maximum Gasteiger partial charge on any atom is 0.477 e. The Labute approximate surface area is 265 Å². The number of rotatable bonds is 7. The van der Waals surface area contributed by atoms with Crippen molar-refractivity contribution in [3.05, 3.63) is 81.4 Å². The molecule has 4 heterocycles. The van der Waals surface area contributed by atoms with Gasteiger partial charge < -0.3 is 5.73 Å². The maximum atomic E-state index is 14.2. The molecule has 0 aliphatic rings. The highest BCUT2D eigenvalue weighted by Crippen LogP contribution is 2.55. The van der Waals surface area contributed by atoms with Crippen LogP contribution in [0.5, 0.6) is 0 Å². The summed E-state index contributed by atoms with van der Waals surface area (Å²) in [5.74, 6) is 0.0214. The van der Waals surface area contributed by atoms with E-state index in [9.17, 15) is 27.3 Å². The van der Waals surface area contributed by atoms with Crippen LogP contribution in [-0.2, 0) is 31.0 Å². The van der Waals surface area contributed by atoms with Crippen molar-refractivity contribution >= 4 is 35.7 Å². The molecule has 0 saturated heterocycles. The summed E-state index contributed by atoms with van der Waals surface area (Å²) in [7, 11) is -4.43. The number of halogens is 3. The fourth-order valence-electron chi connectivity index (χ4n) is 4.56. The van der Waals surface area contributed by atoms with Crippen LogP contribution < -0.4 is 17.0 Å². The molecule has 0 saturated carbocycles. The van der Waals surface area contributed by atoms with Crippen LogP contribution in [0.25, 0.3) is 38.9 Å². The standard InChI is InChI=1S/C30H31F3N7O6P/c1-28(2,3)45-47(43,46-29(4,5)6)44-16-39-25(41)20-15-35-22-11-10-21(17-13-36-26(34)37-14-17)38-23(22)24(20)40(27(39)42)19-9-7-8-18(12-19)30(31,32)33/h7-15H,16H2,1-6H3,(H2,34,36,37). The highest BCUT2D eigenvalue weighted by molar-refractivity contribution is 7.48. The molecule has 0 radical (unpaired) electrons. The van der Waals surface area contributed by atoms with Gasteiger partial charge in [0.05, 0.1) is 44.6 Å². The molecule has 0 atom stereocenters. The van der Waals surface area contributed by atoms with E-state index >= 15 is 0 Å². The van der Waals surface area contributed by atoms with Gasteiger partial charge >= 0.3 is 19.7 Å². The molecule has 4 aromatic heterocycles. The van der Waals surface area contributed by atoms with Crippen LogP contribution in [0, 0.1) is 0 Å². The van der Waals surface area contributed by atoms with Crippen LogP contribution in [0.2, 0.25) is 0 Å². The van der Waals surface area contributed by atoms with Gasteiger partial charge in [0.2, 0.25) is 5.95 Å². The number of nitrogen functional groups attached to an aromatic ring is 1. The van der Waals surface area contributed by atoms with Crippen LogP contribution in [0.15, 0.2) is 64.6 Å². The number of benzene rings is 1. The van der Waals surface area contributed by atoms with Gasteiger partial charge in [-0.05, 0) is 71.9 Å². The fourth-order valence-corrected chi connectivity index (χ4v) is 6.30. The fraction of sp³-hybridized carbons (Fsp3) is 0.333. The Balaban J connectivity index is 1.79. The molecule has 47 heavy (non-hydrogen) atoms. The van der Waals surface area contributed by atoms with E-state index < -0.39 is 48.7 Å². The Morgan fingerprint density at radius 1 is 0.894 bits per heavy atom. The van der Waals surface area contributed by atoms with E-state index in [0.717, 1.165) is 22.8 Å². The highest BCUT2D eigenvalue weighted by Gasteiger charge is 2.38. The molecule has 0 aliphatic heterocycles. The first-order valence-corrected chi connectivity index (χ1v) is 15.6. The molecule has 1 aromatic carbocycles. The Kier molecular flexibility index (Phi) is 8.60. The van der Waals surface area contributed by atoms with Crippen molar-refractivity contribution in [3.8, 4) is 16.9 Å². The van der Waals surface area contributed by atoms with Crippen LogP contribution >= 0.6 is 7.82 Å². The molecule has 5 rings (SSSR count). The number of alkyl halides is 3. The molecular weight excluding hydrogens is 642 g/mol. The normalized spacial score (nSPS) is 13.0. The smallest absolute Gasteiger partial charge is 0.368 e. The van der Waals surface area contributed by atoms with Crippen LogP contribution in [-0.4, -0.2) is 40.3 Å². The van der Waals surface area contributed by atoms with Gasteiger partial charge in [-0.2, -0.15) is 13.2 Å². The Bertz CT molecular complexity index is 2130. The minimum absolute atomic E-state index is 0.0214. The van der Waals surface area contributed by atoms with Gasteiger partial charge in [0.15, 0.2) is 0 Å². The van der Waals surface area contributed by atoms with Gasteiger partial charge in [0.1, 0.15) is 12.2 Å². The van der Waals surface area contributed by atoms with Crippen molar-refractivity contribution < 1.29 is 31.3 Å². The lowest BCUT2D eigenvalue weighted by Crippen LogP contribution is -2.40. The summed E-state index contributed by atoms with van der Waals surface area (Å²) >= 11 is 0. The molecule has 0 aliphatic carbocycles. The third kappa shape index (κ3) is 7.41. The van der Waals surface area contributed by atoms with Crippen molar-refractivity contribution in [3.63, 3.8) is 0 Å². The molecule has 5 aromatic rings. The summed E-state index contributed by atoms with van der Waals surface area (Å²) in [6, 6.07) is 7.16. The maximum absolute atomic E-state index is 14.2. The van der Waals surface area contributed by atoms with Gasteiger partial charge in [-0.3, -0.25) is 27.9 Å². The molecule has 248 valence electrons. The summed E-state index contributed by atoms with van der Waals surface area (Å²) < 4.78 is 73.4. The van der Waals surface area contributed by atoms with Gasteiger partial charge in [0.25, 0.3) is 5.56 Å². The lowest BCUT2D eigenvalue weighted by atomic mass is 10.1. The Morgan fingerprint density at radius 2 is 1.53 bits per heavy atom. The number of pyridine rings is 2. The third-order valence-electron chi connectivity index (χ3n) is 6.32. The van der Waals surface area contributed by atoms with E-state index in [1.165, 1.54) is 24.7 Å². The SMILES string of the molecule is CC(C)(C)OP(=O)(OCn1c(=O)c2cnc3ccc(-c4cnc(N)nc4)nc3c2n(-c2cccc(C(F)(F)F)c2)c1=O)OC(C)(C)C. The lowest BCUT2D eigenvalue weighted by Gasteiger charge is -2.30. The zero-order valence-electron chi connectivity index (χ0n) is 26.2. The quantitative estimate of drug-likeness (QED) is 0.162. The number of phosphoric acid groups is 1. The van der Waals surface area contributed by atoms with Crippen LogP contribution in [0.1, 0.15) is 47.1 Å². The second kappa shape index (κ2) is 11.9. The molecule has 0 unspecified atom stereocenters. The van der Waals surface area contributed by atoms with Gasteiger partial charge in [-0.25, -0.2) is 28.9 Å². The van der Waals surface area contributed by atoms with Crippen molar-refractivity contribution in [1.29, 1.82) is 0 Å². The van der Waals surface area contributed by atoms with Crippen LogP contribution in [0.4, 0.5) is 19.1 Å². The number of phosphoric ester groups is 1. The molecule has 17 heteroatoms. The predicted octanol–water partition coefficient (Wildman–Crippen LogP) is 5.87. The van der Waals surface area contributed by atoms with Crippen molar-refractivity contribution in [2.75, 3.05) is 5.73 Å². The summed E-state index contributed by atoms with van der Waals surface area (Å²) in [6.07, 6.45) is -0.753. The second-order valence-electron chi connectivity index (χ2n) is 12.4. The highest BCUT2D eigenvalue weighted by atomic mass is 31.2. The first-order chi connectivity index (χ1) is 21.7. The number of hydrogen-bond acceptors (Lipinski definition) is 11. The molecule has 0 amide bonds. The molecular formula is C30H31F3N7O6P. The number of fused-ring (bicyclic) bond motifs is 3. The van der Waals surface area contributed by atoms with E-state index in [1.54, 1.807) is 53.7 Å². The average molecular weight is 674 g/mol.